The van der Waals surface area contributed by atoms with Gasteiger partial charge >= 0.3 is 5.97 Å². The Labute approximate surface area is 222 Å². The summed E-state index contributed by atoms with van der Waals surface area (Å²) in [5.74, 6) is -1.02. The van der Waals surface area contributed by atoms with Gasteiger partial charge in [0.25, 0.3) is 5.91 Å². The Morgan fingerprint density at radius 1 is 1.08 bits per heavy atom. The van der Waals surface area contributed by atoms with E-state index < -0.39 is 9.84 Å². The Morgan fingerprint density at radius 2 is 1.78 bits per heavy atom. The molecule has 1 aliphatic heterocycles. The minimum absolute atomic E-state index is 0.0416. The zero-order valence-electron chi connectivity index (χ0n) is 18.9. The number of fused-ring (bicyclic) bond motifs is 1. The number of amides is 1. The summed E-state index contributed by atoms with van der Waals surface area (Å²) < 4.78 is 30.8. The first-order valence-corrected chi connectivity index (χ1v) is 13.8. The van der Waals surface area contributed by atoms with Gasteiger partial charge in [-0.3, -0.25) is 9.59 Å². The Balaban J connectivity index is 1.55. The van der Waals surface area contributed by atoms with Crippen molar-refractivity contribution in [2.24, 2.45) is 0 Å². The van der Waals surface area contributed by atoms with E-state index in [2.05, 4.69) is 15.4 Å². The lowest BCUT2D eigenvalue weighted by molar-refractivity contribution is -0.138. The highest BCUT2D eigenvalue weighted by molar-refractivity contribution is 8.04. The van der Waals surface area contributed by atoms with Crippen molar-refractivity contribution in [1.29, 1.82) is 0 Å². The van der Waals surface area contributed by atoms with Crippen molar-refractivity contribution in [3.05, 3.63) is 86.7 Å². The normalized spacial score (nSPS) is 14.2. The van der Waals surface area contributed by atoms with E-state index in [1.807, 2.05) is 0 Å². The van der Waals surface area contributed by atoms with Crippen LogP contribution in [0.2, 0.25) is 10.0 Å². The molecule has 3 aromatic carbocycles. The lowest BCUT2D eigenvalue weighted by Gasteiger charge is -2.19. The number of carbonyl (C=O) groups is 2. The van der Waals surface area contributed by atoms with Crippen LogP contribution >= 0.6 is 35.0 Å². The maximum atomic E-state index is 13.1. The van der Waals surface area contributed by atoms with Crippen LogP contribution in [-0.2, 0) is 29.9 Å². The molecule has 7 nitrogen and oxygen atoms in total. The van der Waals surface area contributed by atoms with Gasteiger partial charge in [-0.15, -0.1) is 0 Å². The van der Waals surface area contributed by atoms with Crippen molar-refractivity contribution in [3.8, 4) is 0 Å². The Kier molecular flexibility index (Phi) is 7.94. The lowest BCUT2D eigenvalue weighted by Crippen LogP contribution is -2.17. The molecule has 1 amide bonds. The van der Waals surface area contributed by atoms with Gasteiger partial charge in [0.1, 0.15) is 6.54 Å². The van der Waals surface area contributed by atoms with Gasteiger partial charge in [0.15, 0.2) is 9.84 Å². The first-order valence-electron chi connectivity index (χ1n) is 10.6. The Hall–Kier alpha value is -2.98. The van der Waals surface area contributed by atoms with Gasteiger partial charge in [-0.2, -0.15) is 0 Å². The molecular formula is C25H20Cl2N2O5S2. The molecule has 0 atom stereocenters. The number of anilines is 2. The van der Waals surface area contributed by atoms with Crippen molar-refractivity contribution in [2.75, 3.05) is 24.3 Å². The van der Waals surface area contributed by atoms with Crippen LogP contribution in [0.5, 0.6) is 0 Å². The predicted molar refractivity (Wildman–Crippen MR) is 143 cm³/mol. The molecule has 186 valence electrons. The monoisotopic (exact) mass is 562 g/mol. The smallest absolute Gasteiger partial charge is 0.325 e. The molecule has 1 aliphatic rings. The van der Waals surface area contributed by atoms with Gasteiger partial charge in [-0.05, 0) is 54.1 Å². The molecule has 36 heavy (non-hydrogen) atoms. The number of hydrogen-bond acceptors (Lipinski definition) is 7. The van der Waals surface area contributed by atoms with Crippen molar-refractivity contribution in [2.45, 2.75) is 15.5 Å². The van der Waals surface area contributed by atoms with Gasteiger partial charge in [-0.1, -0.05) is 53.2 Å². The molecule has 0 fully saturated rings. The molecule has 0 radical (unpaired) electrons. The van der Waals surface area contributed by atoms with E-state index in [4.69, 9.17) is 23.2 Å². The second-order valence-electron chi connectivity index (χ2n) is 7.73. The quantitative estimate of drug-likeness (QED) is 0.284. The van der Waals surface area contributed by atoms with E-state index in [-0.39, 0.29) is 39.1 Å². The topological polar surface area (TPSA) is 102 Å². The summed E-state index contributed by atoms with van der Waals surface area (Å²) in [6.07, 6.45) is 1.71. The fraction of sp³-hybridized carbons (Fsp3) is 0.120. The van der Waals surface area contributed by atoms with E-state index in [1.165, 1.54) is 31.0 Å². The number of esters is 1. The first-order chi connectivity index (χ1) is 17.2. The molecule has 0 aliphatic carbocycles. The molecule has 11 heteroatoms. The van der Waals surface area contributed by atoms with Gasteiger partial charge in [0.05, 0.1) is 28.4 Å². The van der Waals surface area contributed by atoms with Crippen molar-refractivity contribution in [3.63, 3.8) is 0 Å². The molecule has 0 aromatic heterocycles. The van der Waals surface area contributed by atoms with E-state index >= 15 is 0 Å². The maximum absolute atomic E-state index is 13.1. The summed E-state index contributed by atoms with van der Waals surface area (Å²) in [4.78, 5) is 25.0. The van der Waals surface area contributed by atoms with Crippen molar-refractivity contribution >= 4 is 74.1 Å². The molecule has 3 aromatic rings. The number of nitrogens with one attached hydrogen (secondary N) is 2. The molecule has 4 rings (SSSR count). The molecular weight excluding hydrogens is 543 g/mol. The number of ether oxygens (including phenoxy) is 1. The number of sulfone groups is 1. The minimum atomic E-state index is -3.75. The van der Waals surface area contributed by atoms with E-state index in [0.29, 0.717) is 21.1 Å². The number of halogens is 2. The fourth-order valence-electron chi connectivity index (χ4n) is 3.37. The summed E-state index contributed by atoms with van der Waals surface area (Å²) >= 11 is 13.5. The number of carbonyl (C=O) groups excluding carboxylic acids is 2. The first kappa shape index (κ1) is 26.1. The molecule has 2 N–H and O–H groups in total. The second kappa shape index (κ2) is 11.0. The highest BCUT2D eigenvalue weighted by Crippen LogP contribution is 2.40. The summed E-state index contributed by atoms with van der Waals surface area (Å²) in [6.45, 7) is 0.0416. The highest BCUT2D eigenvalue weighted by Gasteiger charge is 2.25. The van der Waals surface area contributed by atoms with Crippen LogP contribution in [0.25, 0.3) is 6.08 Å². The fourth-order valence-corrected chi connectivity index (χ4v) is 6.55. The van der Waals surface area contributed by atoms with Crippen LogP contribution in [0.3, 0.4) is 0 Å². The zero-order chi connectivity index (χ0) is 25.9. The second-order valence-corrected chi connectivity index (χ2v) is 11.6. The predicted octanol–water partition coefficient (Wildman–Crippen LogP) is 5.64. The van der Waals surface area contributed by atoms with E-state index in [9.17, 15) is 18.0 Å². The third-order valence-electron chi connectivity index (χ3n) is 5.27. The van der Waals surface area contributed by atoms with E-state index in [1.54, 1.807) is 54.6 Å². The number of hydrogen-bond donors (Lipinski definition) is 2. The van der Waals surface area contributed by atoms with Crippen LogP contribution in [-0.4, -0.2) is 33.9 Å². The molecule has 0 unspecified atom stereocenters. The SMILES string of the molecule is COC(=O)CNc1ccc(/C=C2/Sc3cc(S(=O)(=O)Cc4c(Cl)cccc4Cl)ccc3NC2=O)cc1. The summed E-state index contributed by atoms with van der Waals surface area (Å²) in [6, 6.07) is 16.5. The molecule has 0 saturated heterocycles. The summed E-state index contributed by atoms with van der Waals surface area (Å²) in [5, 5.41) is 6.30. The molecule has 0 saturated carbocycles. The lowest BCUT2D eigenvalue weighted by atomic mass is 10.2. The number of thioether (sulfide) groups is 1. The number of benzene rings is 3. The molecule has 0 bridgehead atoms. The van der Waals surface area contributed by atoms with Crippen LogP contribution in [0.4, 0.5) is 11.4 Å². The third kappa shape index (κ3) is 6.04. The van der Waals surface area contributed by atoms with Crippen LogP contribution < -0.4 is 10.6 Å². The summed E-state index contributed by atoms with van der Waals surface area (Å²) in [7, 11) is -2.44. The van der Waals surface area contributed by atoms with Gasteiger partial charge < -0.3 is 15.4 Å². The minimum Gasteiger partial charge on any atom is -0.468 e. The zero-order valence-corrected chi connectivity index (χ0v) is 22.0. The number of methoxy groups -OCH3 is 1. The van der Waals surface area contributed by atoms with Crippen molar-refractivity contribution < 1.29 is 22.7 Å². The molecule has 0 spiro atoms. The number of rotatable bonds is 7. The Morgan fingerprint density at radius 3 is 2.44 bits per heavy atom. The van der Waals surface area contributed by atoms with Crippen LogP contribution in [0, 0.1) is 0 Å². The Bertz CT molecular complexity index is 1450. The van der Waals surface area contributed by atoms with Crippen LogP contribution in [0.15, 0.2) is 75.4 Å². The van der Waals surface area contributed by atoms with E-state index in [0.717, 1.165) is 11.3 Å². The average Bonchev–Trinajstić information content (AvgIpc) is 2.86. The van der Waals surface area contributed by atoms with Gasteiger partial charge in [0, 0.05) is 26.2 Å². The average molecular weight is 563 g/mol. The van der Waals surface area contributed by atoms with Crippen molar-refractivity contribution in [1.82, 2.24) is 0 Å². The van der Waals surface area contributed by atoms with Gasteiger partial charge in [-0.25, -0.2) is 8.42 Å². The largest absolute Gasteiger partial charge is 0.468 e. The summed E-state index contributed by atoms with van der Waals surface area (Å²) in [5.41, 5.74) is 2.35. The van der Waals surface area contributed by atoms with Crippen LogP contribution in [0.1, 0.15) is 11.1 Å². The maximum Gasteiger partial charge on any atom is 0.325 e. The molecule has 1 heterocycles. The van der Waals surface area contributed by atoms with Gasteiger partial charge in [0.2, 0.25) is 0 Å². The standard InChI is InChI=1S/C25H20Cl2N2O5S2/c1-34-24(30)13-28-16-7-5-15(6-8-16)11-23-25(31)29-21-10-9-17(12-22(21)35-23)36(32,33)14-18-19(26)3-2-4-20(18)27/h2-12,28H,13-14H2,1H3,(H,29,31)/b23-11+. The third-order valence-corrected chi connectivity index (χ3v) is 8.70. The highest BCUT2D eigenvalue weighted by atomic mass is 35.5.